The molecule has 3 nitrogen and oxygen atoms in total. The van der Waals surface area contributed by atoms with Gasteiger partial charge in [0, 0.05) is 11.1 Å². The first-order valence-corrected chi connectivity index (χ1v) is 4.19. The average Bonchev–Trinajstić information content (AvgIpc) is 2.19. The molecule has 1 aromatic rings. The minimum atomic E-state index is 0.694. The summed E-state index contributed by atoms with van der Waals surface area (Å²) < 4.78 is 10.4. The second-order valence-corrected chi connectivity index (χ2v) is 2.93. The molecule has 3 heteroatoms. The van der Waals surface area contributed by atoms with Gasteiger partial charge in [0.2, 0.25) is 0 Å². The highest BCUT2D eigenvalue weighted by Crippen LogP contribution is 2.43. The van der Waals surface area contributed by atoms with Crippen LogP contribution in [0.3, 0.4) is 0 Å². The van der Waals surface area contributed by atoms with Gasteiger partial charge in [-0.3, -0.25) is 0 Å². The van der Waals surface area contributed by atoms with E-state index < -0.39 is 0 Å². The van der Waals surface area contributed by atoms with Crippen LogP contribution in [0.15, 0.2) is 12.1 Å². The van der Waals surface area contributed by atoms with Crippen LogP contribution in [0.2, 0.25) is 0 Å². The predicted molar refractivity (Wildman–Crippen MR) is 53.0 cm³/mol. The number of nitriles is 1. The Morgan fingerprint density at radius 1 is 1.21 bits per heavy atom. The van der Waals surface area contributed by atoms with Gasteiger partial charge in [-0.25, -0.2) is 0 Å². The molecule has 1 aliphatic rings. The number of hydrogen-bond acceptors (Lipinski definition) is 3. The molecule has 0 amide bonds. The summed E-state index contributed by atoms with van der Waals surface area (Å²) in [7, 11) is 3.19. The fourth-order valence-corrected chi connectivity index (χ4v) is 1.57. The maximum absolute atomic E-state index is 8.73. The third-order valence-corrected chi connectivity index (χ3v) is 2.28. The highest BCUT2D eigenvalue weighted by atomic mass is 16.5. The lowest BCUT2D eigenvalue weighted by atomic mass is 9.88. The molecule has 0 fully saturated rings. The van der Waals surface area contributed by atoms with Crippen LogP contribution < -0.4 is 9.47 Å². The van der Waals surface area contributed by atoms with E-state index in [1.165, 1.54) is 0 Å². The van der Waals surface area contributed by atoms with Gasteiger partial charge in [0.1, 0.15) is 0 Å². The van der Waals surface area contributed by atoms with Crippen LogP contribution in [0, 0.1) is 11.3 Å². The third kappa shape index (κ3) is 0.975. The van der Waals surface area contributed by atoms with Gasteiger partial charge >= 0.3 is 0 Å². The van der Waals surface area contributed by atoms with Crippen LogP contribution >= 0.6 is 0 Å². The molecular weight excluding hydrogens is 178 g/mol. The van der Waals surface area contributed by atoms with Crippen LogP contribution in [-0.2, 0) is 0 Å². The number of methoxy groups -OCH3 is 2. The van der Waals surface area contributed by atoms with Crippen LogP contribution in [0.4, 0.5) is 0 Å². The molecule has 0 radical (unpaired) electrons. The van der Waals surface area contributed by atoms with Gasteiger partial charge in [-0.2, -0.15) is 5.26 Å². The number of ether oxygens (including phenoxy) is 2. The van der Waals surface area contributed by atoms with Crippen LogP contribution in [0.1, 0.15) is 11.1 Å². The lowest BCUT2D eigenvalue weighted by molar-refractivity contribution is 0.354. The van der Waals surface area contributed by atoms with Crippen LogP contribution in [-0.4, -0.2) is 14.2 Å². The van der Waals surface area contributed by atoms with E-state index in [0.29, 0.717) is 17.1 Å². The molecule has 0 aliphatic heterocycles. The van der Waals surface area contributed by atoms with Gasteiger partial charge in [-0.1, -0.05) is 0 Å². The normalized spacial score (nSPS) is 11.9. The van der Waals surface area contributed by atoms with Crippen molar-refractivity contribution in [1.29, 1.82) is 5.26 Å². The van der Waals surface area contributed by atoms with Gasteiger partial charge in [0.15, 0.2) is 11.5 Å². The Bertz CT molecular complexity index is 455. The smallest absolute Gasteiger partial charge is 0.168 e. The maximum Gasteiger partial charge on any atom is 0.168 e. The zero-order valence-corrected chi connectivity index (χ0v) is 8.00. The van der Waals surface area contributed by atoms with Crippen molar-refractivity contribution in [1.82, 2.24) is 0 Å². The lowest BCUT2D eigenvalue weighted by Gasteiger charge is -2.19. The monoisotopic (exact) mass is 187 g/mol. The molecule has 2 rings (SSSR count). The van der Waals surface area contributed by atoms with Crippen molar-refractivity contribution >= 4 is 11.6 Å². The van der Waals surface area contributed by atoms with Gasteiger partial charge < -0.3 is 9.47 Å². The Hall–Kier alpha value is -1.95. The number of fused-ring (bicyclic) bond motifs is 1. The molecule has 0 bridgehead atoms. The van der Waals surface area contributed by atoms with E-state index in [1.807, 2.05) is 12.1 Å². The molecule has 1 aromatic carbocycles. The second kappa shape index (κ2) is 3.08. The fourth-order valence-electron chi connectivity index (χ4n) is 1.57. The van der Waals surface area contributed by atoms with E-state index in [4.69, 9.17) is 14.7 Å². The minimum absolute atomic E-state index is 0.694. The third-order valence-electron chi connectivity index (χ3n) is 2.28. The fraction of sp³-hybridized carbons (Fsp3) is 0.182. The topological polar surface area (TPSA) is 42.2 Å². The summed E-state index contributed by atoms with van der Waals surface area (Å²) in [4.78, 5) is 0. The zero-order chi connectivity index (χ0) is 10.1. The van der Waals surface area contributed by atoms with Crippen molar-refractivity contribution in [3.8, 4) is 17.6 Å². The van der Waals surface area contributed by atoms with Crippen molar-refractivity contribution < 1.29 is 9.47 Å². The minimum Gasteiger partial charge on any atom is -0.493 e. The number of rotatable bonds is 2. The van der Waals surface area contributed by atoms with E-state index >= 15 is 0 Å². The molecular formula is C11H9NO2. The van der Waals surface area contributed by atoms with Crippen molar-refractivity contribution in [2.75, 3.05) is 14.2 Å². The van der Waals surface area contributed by atoms with E-state index in [2.05, 4.69) is 6.07 Å². The Morgan fingerprint density at radius 2 is 2.00 bits per heavy atom. The van der Waals surface area contributed by atoms with Crippen molar-refractivity contribution in [3.05, 3.63) is 23.3 Å². The van der Waals surface area contributed by atoms with E-state index in [-0.39, 0.29) is 0 Å². The van der Waals surface area contributed by atoms with Gasteiger partial charge in [-0.15, -0.1) is 0 Å². The van der Waals surface area contributed by atoms with Gasteiger partial charge in [-0.05, 0) is 18.2 Å². The van der Waals surface area contributed by atoms with Crippen molar-refractivity contribution in [2.45, 2.75) is 0 Å². The second-order valence-electron chi connectivity index (χ2n) is 2.93. The standard InChI is InChI=1S/C11H9NO2/c1-13-10-4-3-8-7(6-12)5-9(8)11(10)14-2/h3-5H,1-2H3. The first-order valence-electron chi connectivity index (χ1n) is 4.19. The van der Waals surface area contributed by atoms with E-state index in [9.17, 15) is 0 Å². The molecule has 70 valence electrons. The molecule has 0 saturated carbocycles. The quantitative estimate of drug-likeness (QED) is 0.711. The number of hydrogen-bond donors (Lipinski definition) is 0. The van der Waals surface area contributed by atoms with Gasteiger partial charge in [0.05, 0.1) is 25.9 Å². The molecule has 0 spiro atoms. The number of allylic oxidation sites excluding steroid dienone is 1. The molecule has 0 atom stereocenters. The Kier molecular flexibility index (Phi) is 1.90. The summed E-state index contributed by atoms with van der Waals surface area (Å²) in [6, 6.07) is 5.79. The van der Waals surface area contributed by atoms with E-state index in [1.54, 1.807) is 20.3 Å². The SMILES string of the molecule is COc1ccc2c(c1OC)C=C2C#N. The Morgan fingerprint density at radius 3 is 2.57 bits per heavy atom. The van der Waals surface area contributed by atoms with Crippen molar-refractivity contribution in [2.24, 2.45) is 0 Å². The summed E-state index contributed by atoms with van der Waals surface area (Å²) in [5, 5.41) is 8.73. The highest BCUT2D eigenvalue weighted by Gasteiger charge is 2.22. The summed E-state index contributed by atoms with van der Waals surface area (Å²) in [5.74, 6) is 1.39. The maximum atomic E-state index is 8.73. The Balaban J connectivity index is 2.54. The molecule has 14 heavy (non-hydrogen) atoms. The summed E-state index contributed by atoms with van der Waals surface area (Å²) in [5.41, 5.74) is 2.58. The van der Waals surface area contributed by atoms with E-state index in [0.717, 1.165) is 11.1 Å². The van der Waals surface area contributed by atoms with Crippen LogP contribution in [0.25, 0.3) is 11.6 Å². The number of benzene rings is 1. The highest BCUT2D eigenvalue weighted by molar-refractivity contribution is 6.04. The predicted octanol–water partition coefficient (Wildman–Crippen LogP) is 2.08. The molecule has 0 saturated heterocycles. The molecule has 0 heterocycles. The summed E-state index contributed by atoms with van der Waals surface area (Å²) in [6.45, 7) is 0. The first-order chi connectivity index (χ1) is 6.81. The first kappa shape index (κ1) is 8.64. The molecule has 0 N–H and O–H groups in total. The molecule has 0 unspecified atom stereocenters. The number of nitrogens with zero attached hydrogens (tertiary/aromatic N) is 1. The largest absolute Gasteiger partial charge is 0.493 e. The Labute approximate surface area is 82.2 Å². The summed E-state index contributed by atoms with van der Waals surface area (Å²) >= 11 is 0. The summed E-state index contributed by atoms with van der Waals surface area (Å²) in [6.07, 6.45) is 1.80. The van der Waals surface area contributed by atoms with Crippen molar-refractivity contribution in [3.63, 3.8) is 0 Å². The molecule has 0 aromatic heterocycles. The zero-order valence-electron chi connectivity index (χ0n) is 8.00. The average molecular weight is 187 g/mol. The molecule has 1 aliphatic carbocycles. The van der Waals surface area contributed by atoms with Gasteiger partial charge in [0.25, 0.3) is 0 Å². The lowest BCUT2D eigenvalue weighted by Crippen LogP contribution is -2.02. The van der Waals surface area contributed by atoms with Crippen LogP contribution in [0.5, 0.6) is 11.5 Å².